The van der Waals surface area contributed by atoms with E-state index >= 15 is 0 Å². The van der Waals surface area contributed by atoms with Crippen molar-refractivity contribution in [2.45, 2.75) is 32.2 Å². The molecule has 158 valence electrons. The summed E-state index contributed by atoms with van der Waals surface area (Å²) in [6.07, 6.45) is 7.11. The molecule has 4 aromatic heterocycles. The molecular formula is C22H21F2N7. The van der Waals surface area contributed by atoms with E-state index in [2.05, 4.69) is 31.1 Å². The van der Waals surface area contributed by atoms with Gasteiger partial charge in [0, 0.05) is 48.3 Å². The fourth-order valence-electron chi connectivity index (χ4n) is 4.06. The summed E-state index contributed by atoms with van der Waals surface area (Å²) in [5.74, 6) is 0.492. The summed E-state index contributed by atoms with van der Waals surface area (Å²) in [5, 5.41) is 5.68. The molecule has 0 aromatic carbocycles. The highest BCUT2D eigenvalue weighted by Crippen LogP contribution is 2.29. The van der Waals surface area contributed by atoms with Crippen molar-refractivity contribution < 1.29 is 8.78 Å². The number of halogens is 2. The van der Waals surface area contributed by atoms with E-state index in [4.69, 9.17) is 0 Å². The van der Waals surface area contributed by atoms with Crippen molar-refractivity contribution in [3.8, 4) is 11.3 Å². The second-order valence-corrected chi connectivity index (χ2v) is 7.69. The molecule has 0 atom stereocenters. The molecule has 0 saturated carbocycles. The summed E-state index contributed by atoms with van der Waals surface area (Å²) in [6.45, 7) is 3.45. The van der Waals surface area contributed by atoms with Crippen LogP contribution in [0.5, 0.6) is 0 Å². The number of fused-ring (bicyclic) bond motifs is 1. The highest BCUT2D eigenvalue weighted by atomic mass is 19.3. The van der Waals surface area contributed by atoms with Crippen LogP contribution in [0.4, 0.5) is 14.7 Å². The zero-order valence-corrected chi connectivity index (χ0v) is 17.0. The van der Waals surface area contributed by atoms with Gasteiger partial charge in [-0.2, -0.15) is 5.10 Å². The van der Waals surface area contributed by atoms with Gasteiger partial charge in [-0.05, 0) is 38.0 Å². The van der Waals surface area contributed by atoms with Crippen LogP contribution in [0.1, 0.15) is 36.6 Å². The largest absolute Gasteiger partial charge is 0.341 e. The van der Waals surface area contributed by atoms with E-state index in [1.165, 1.54) is 12.4 Å². The van der Waals surface area contributed by atoms with Gasteiger partial charge in [0.15, 0.2) is 0 Å². The third kappa shape index (κ3) is 3.71. The Kier molecular flexibility index (Phi) is 5.01. The number of piperidine rings is 1. The minimum Gasteiger partial charge on any atom is -0.341 e. The standard InChI is InChI=1S/C22H21F2N7/c1-14-18(3-2-6-25-14)19-9-15-12-29-31(20(15)13-26-19)17-4-7-30(8-5-17)22-27-10-16(11-28-22)21(23)24/h2-3,6,9-13,17,21H,4-5,7-8H2,1H3. The summed E-state index contributed by atoms with van der Waals surface area (Å²) in [4.78, 5) is 19.2. The molecule has 4 aromatic rings. The molecule has 7 nitrogen and oxygen atoms in total. The van der Waals surface area contributed by atoms with Crippen LogP contribution in [0.3, 0.4) is 0 Å². The summed E-state index contributed by atoms with van der Waals surface area (Å²) >= 11 is 0. The Morgan fingerprint density at radius 1 is 1.00 bits per heavy atom. The van der Waals surface area contributed by atoms with Crippen LogP contribution in [0.15, 0.2) is 49.2 Å². The zero-order valence-electron chi connectivity index (χ0n) is 17.0. The average Bonchev–Trinajstić information content (AvgIpc) is 3.23. The first-order chi connectivity index (χ1) is 15.1. The number of pyridine rings is 2. The van der Waals surface area contributed by atoms with E-state index in [0.29, 0.717) is 5.95 Å². The third-order valence-electron chi connectivity index (χ3n) is 5.77. The molecule has 1 aliphatic rings. The number of anilines is 1. The van der Waals surface area contributed by atoms with Gasteiger partial charge < -0.3 is 4.90 Å². The number of alkyl halides is 2. The van der Waals surface area contributed by atoms with Crippen LogP contribution < -0.4 is 4.90 Å². The van der Waals surface area contributed by atoms with Crippen LogP contribution >= 0.6 is 0 Å². The molecule has 0 aliphatic carbocycles. The lowest BCUT2D eigenvalue weighted by Gasteiger charge is -2.32. The lowest BCUT2D eigenvalue weighted by atomic mass is 10.1. The van der Waals surface area contributed by atoms with Gasteiger partial charge in [0.2, 0.25) is 5.95 Å². The first kappa shape index (κ1) is 19.5. The Hall–Kier alpha value is -3.49. The van der Waals surface area contributed by atoms with Gasteiger partial charge in [0.25, 0.3) is 6.43 Å². The third-order valence-corrected chi connectivity index (χ3v) is 5.77. The van der Waals surface area contributed by atoms with Crippen molar-refractivity contribution in [1.29, 1.82) is 0 Å². The zero-order chi connectivity index (χ0) is 21.4. The van der Waals surface area contributed by atoms with E-state index in [1.807, 2.05) is 41.0 Å². The minimum atomic E-state index is -2.55. The van der Waals surface area contributed by atoms with Gasteiger partial charge in [0.05, 0.1) is 35.2 Å². The Balaban J connectivity index is 1.32. The molecule has 31 heavy (non-hydrogen) atoms. The Morgan fingerprint density at radius 3 is 2.48 bits per heavy atom. The highest BCUT2D eigenvalue weighted by Gasteiger charge is 2.24. The molecule has 0 spiro atoms. The van der Waals surface area contributed by atoms with Crippen LogP contribution in [0.25, 0.3) is 22.2 Å². The smallest absolute Gasteiger partial charge is 0.266 e. The highest BCUT2D eigenvalue weighted by molar-refractivity contribution is 5.82. The number of hydrogen-bond acceptors (Lipinski definition) is 6. The van der Waals surface area contributed by atoms with E-state index in [1.54, 1.807) is 6.20 Å². The van der Waals surface area contributed by atoms with E-state index in [9.17, 15) is 8.78 Å². The van der Waals surface area contributed by atoms with Gasteiger partial charge in [-0.15, -0.1) is 0 Å². The van der Waals surface area contributed by atoms with Crippen LogP contribution in [-0.4, -0.2) is 42.8 Å². The summed E-state index contributed by atoms with van der Waals surface area (Å²) in [5.41, 5.74) is 3.69. The normalized spacial score (nSPS) is 15.2. The van der Waals surface area contributed by atoms with Crippen LogP contribution in [0.2, 0.25) is 0 Å². The van der Waals surface area contributed by atoms with Crippen molar-refractivity contribution in [2.24, 2.45) is 0 Å². The molecular weight excluding hydrogens is 400 g/mol. The van der Waals surface area contributed by atoms with E-state index < -0.39 is 6.43 Å². The molecule has 0 amide bonds. The van der Waals surface area contributed by atoms with E-state index in [0.717, 1.165) is 53.8 Å². The number of hydrogen-bond donors (Lipinski definition) is 0. The fraction of sp³-hybridized carbons (Fsp3) is 0.318. The predicted molar refractivity (Wildman–Crippen MR) is 113 cm³/mol. The second-order valence-electron chi connectivity index (χ2n) is 7.69. The Labute approximate surface area is 177 Å². The average molecular weight is 421 g/mol. The van der Waals surface area contributed by atoms with Crippen molar-refractivity contribution in [2.75, 3.05) is 18.0 Å². The molecule has 0 unspecified atom stereocenters. The monoisotopic (exact) mass is 421 g/mol. The maximum atomic E-state index is 12.7. The summed E-state index contributed by atoms with van der Waals surface area (Å²) in [6, 6.07) is 6.22. The second kappa shape index (κ2) is 7.98. The SMILES string of the molecule is Cc1ncccc1-c1cc2cnn(C3CCN(c4ncc(C(F)F)cn4)CC3)c2cn1. The summed E-state index contributed by atoms with van der Waals surface area (Å²) in [7, 11) is 0. The van der Waals surface area contributed by atoms with Gasteiger partial charge >= 0.3 is 0 Å². The molecule has 0 N–H and O–H groups in total. The van der Waals surface area contributed by atoms with Crippen molar-refractivity contribution in [3.05, 3.63) is 60.4 Å². The predicted octanol–water partition coefficient (Wildman–Crippen LogP) is 4.37. The number of nitrogens with zero attached hydrogens (tertiary/aromatic N) is 7. The van der Waals surface area contributed by atoms with Gasteiger partial charge in [-0.1, -0.05) is 0 Å². The van der Waals surface area contributed by atoms with Gasteiger partial charge in [-0.3, -0.25) is 14.6 Å². The molecule has 0 bridgehead atoms. The van der Waals surface area contributed by atoms with Crippen LogP contribution in [-0.2, 0) is 0 Å². The molecule has 5 rings (SSSR count). The molecule has 0 radical (unpaired) electrons. The maximum Gasteiger partial charge on any atom is 0.266 e. The first-order valence-electron chi connectivity index (χ1n) is 10.2. The van der Waals surface area contributed by atoms with Crippen LogP contribution in [0, 0.1) is 6.92 Å². The molecule has 1 saturated heterocycles. The van der Waals surface area contributed by atoms with Gasteiger partial charge in [-0.25, -0.2) is 18.7 Å². The summed E-state index contributed by atoms with van der Waals surface area (Å²) < 4.78 is 27.5. The quantitative estimate of drug-likeness (QED) is 0.487. The van der Waals surface area contributed by atoms with E-state index in [-0.39, 0.29) is 11.6 Å². The number of aryl methyl sites for hydroxylation is 1. The fourth-order valence-corrected chi connectivity index (χ4v) is 4.06. The Bertz CT molecular complexity index is 1200. The van der Waals surface area contributed by atoms with Gasteiger partial charge in [0.1, 0.15) is 0 Å². The molecule has 5 heterocycles. The van der Waals surface area contributed by atoms with Crippen molar-refractivity contribution in [3.63, 3.8) is 0 Å². The molecule has 9 heteroatoms. The topological polar surface area (TPSA) is 72.6 Å². The maximum absolute atomic E-state index is 12.7. The minimum absolute atomic E-state index is 0.157. The lowest BCUT2D eigenvalue weighted by molar-refractivity contribution is 0.150. The lowest BCUT2D eigenvalue weighted by Crippen LogP contribution is -2.36. The Morgan fingerprint density at radius 2 is 1.77 bits per heavy atom. The van der Waals surface area contributed by atoms with Crippen molar-refractivity contribution >= 4 is 16.9 Å². The molecule has 1 aliphatic heterocycles. The molecule has 1 fully saturated rings. The van der Waals surface area contributed by atoms with Crippen molar-refractivity contribution in [1.82, 2.24) is 29.7 Å². The number of rotatable bonds is 4. The number of aromatic nitrogens is 6. The first-order valence-corrected chi connectivity index (χ1v) is 10.2.